The highest BCUT2D eigenvalue weighted by atomic mass is 16.5. The summed E-state index contributed by atoms with van der Waals surface area (Å²) < 4.78 is 5.76. The van der Waals surface area contributed by atoms with Crippen molar-refractivity contribution in [3.8, 4) is 0 Å². The standard InChI is InChI=1S/C15H24N2O/c1-4-16-9-14-5-7-15(8-6-14)17-10-12(2)18-13(3)11-17/h5-8,12-13,16H,4,9-11H2,1-3H3. The maximum absolute atomic E-state index is 5.76. The minimum Gasteiger partial charge on any atom is -0.372 e. The molecule has 1 aromatic rings. The van der Waals surface area contributed by atoms with Crippen LogP contribution >= 0.6 is 0 Å². The molecular formula is C15H24N2O. The van der Waals surface area contributed by atoms with Gasteiger partial charge in [0.05, 0.1) is 12.2 Å². The summed E-state index contributed by atoms with van der Waals surface area (Å²) >= 11 is 0. The van der Waals surface area contributed by atoms with Crippen LogP contribution in [-0.4, -0.2) is 31.8 Å². The first-order valence-electron chi connectivity index (χ1n) is 6.89. The van der Waals surface area contributed by atoms with Gasteiger partial charge >= 0.3 is 0 Å². The second-order valence-corrected chi connectivity index (χ2v) is 5.11. The molecule has 3 nitrogen and oxygen atoms in total. The van der Waals surface area contributed by atoms with Gasteiger partial charge in [-0.2, -0.15) is 0 Å². The molecule has 100 valence electrons. The number of rotatable bonds is 4. The number of hydrogen-bond donors (Lipinski definition) is 1. The van der Waals surface area contributed by atoms with E-state index in [4.69, 9.17) is 4.74 Å². The Morgan fingerprint density at radius 3 is 2.33 bits per heavy atom. The first-order valence-corrected chi connectivity index (χ1v) is 6.89. The van der Waals surface area contributed by atoms with Crippen molar-refractivity contribution in [3.05, 3.63) is 29.8 Å². The Balaban J connectivity index is 2.00. The van der Waals surface area contributed by atoms with Crippen LogP contribution in [0.25, 0.3) is 0 Å². The van der Waals surface area contributed by atoms with Crippen LogP contribution in [0, 0.1) is 0 Å². The molecule has 0 spiro atoms. The number of anilines is 1. The number of benzene rings is 1. The van der Waals surface area contributed by atoms with Gasteiger partial charge in [-0.3, -0.25) is 0 Å². The Bertz CT molecular complexity index is 353. The van der Waals surface area contributed by atoms with Gasteiger partial charge in [0, 0.05) is 25.3 Å². The molecule has 1 aromatic carbocycles. The largest absolute Gasteiger partial charge is 0.372 e. The number of ether oxygens (including phenoxy) is 1. The van der Waals surface area contributed by atoms with Gasteiger partial charge < -0.3 is 15.0 Å². The molecule has 1 N–H and O–H groups in total. The molecule has 1 saturated heterocycles. The van der Waals surface area contributed by atoms with Crippen molar-refractivity contribution in [2.24, 2.45) is 0 Å². The Morgan fingerprint density at radius 1 is 1.17 bits per heavy atom. The van der Waals surface area contributed by atoms with Crippen molar-refractivity contribution in [2.75, 3.05) is 24.5 Å². The van der Waals surface area contributed by atoms with E-state index >= 15 is 0 Å². The molecule has 0 bridgehead atoms. The Morgan fingerprint density at radius 2 is 1.78 bits per heavy atom. The van der Waals surface area contributed by atoms with E-state index in [2.05, 4.69) is 55.3 Å². The predicted octanol–water partition coefficient (Wildman–Crippen LogP) is 2.41. The highest BCUT2D eigenvalue weighted by molar-refractivity contribution is 5.48. The first kappa shape index (κ1) is 13.4. The molecule has 2 atom stereocenters. The van der Waals surface area contributed by atoms with E-state index in [-0.39, 0.29) is 0 Å². The van der Waals surface area contributed by atoms with Gasteiger partial charge in [-0.05, 0) is 38.1 Å². The monoisotopic (exact) mass is 248 g/mol. The summed E-state index contributed by atoms with van der Waals surface area (Å²) in [6, 6.07) is 8.86. The van der Waals surface area contributed by atoms with Gasteiger partial charge in [0.15, 0.2) is 0 Å². The number of hydrogen-bond acceptors (Lipinski definition) is 3. The second kappa shape index (κ2) is 6.21. The summed E-state index contributed by atoms with van der Waals surface area (Å²) in [6.07, 6.45) is 0.630. The third-order valence-corrected chi connectivity index (χ3v) is 3.30. The quantitative estimate of drug-likeness (QED) is 0.885. The van der Waals surface area contributed by atoms with E-state index in [0.29, 0.717) is 12.2 Å². The molecule has 1 fully saturated rings. The maximum Gasteiger partial charge on any atom is 0.0726 e. The molecule has 1 aliphatic heterocycles. The number of morpholine rings is 1. The number of nitrogens with one attached hydrogen (secondary N) is 1. The zero-order chi connectivity index (χ0) is 13.0. The average molecular weight is 248 g/mol. The van der Waals surface area contributed by atoms with Crippen molar-refractivity contribution in [1.82, 2.24) is 5.32 Å². The molecule has 0 radical (unpaired) electrons. The summed E-state index contributed by atoms with van der Waals surface area (Å²) in [7, 11) is 0. The molecule has 1 heterocycles. The van der Waals surface area contributed by atoms with Crippen LogP contribution in [0.15, 0.2) is 24.3 Å². The van der Waals surface area contributed by atoms with Crippen molar-refractivity contribution in [1.29, 1.82) is 0 Å². The van der Waals surface area contributed by atoms with Gasteiger partial charge in [-0.25, -0.2) is 0 Å². The minimum atomic E-state index is 0.315. The fourth-order valence-corrected chi connectivity index (χ4v) is 2.48. The lowest BCUT2D eigenvalue weighted by atomic mass is 10.1. The van der Waals surface area contributed by atoms with E-state index in [1.54, 1.807) is 0 Å². The van der Waals surface area contributed by atoms with E-state index < -0.39 is 0 Å². The summed E-state index contributed by atoms with van der Waals surface area (Å²) in [4.78, 5) is 2.41. The highest BCUT2D eigenvalue weighted by Gasteiger charge is 2.22. The first-order chi connectivity index (χ1) is 8.69. The molecule has 3 heteroatoms. The Labute approximate surface area is 110 Å². The minimum absolute atomic E-state index is 0.315. The van der Waals surface area contributed by atoms with Crippen LogP contribution < -0.4 is 10.2 Å². The van der Waals surface area contributed by atoms with Crippen LogP contribution in [0.4, 0.5) is 5.69 Å². The fraction of sp³-hybridized carbons (Fsp3) is 0.600. The van der Waals surface area contributed by atoms with Gasteiger partial charge in [0.2, 0.25) is 0 Å². The normalized spacial score (nSPS) is 24.3. The third kappa shape index (κ3) is 3.47. The summed E-state index contributed by atoms with van der Waals surface area (Å²) in [5.74, 6) is 0. The molecule has 2 rings (SSSR count). The zero-order valence-electron chi connectivity index (χ0n) is 11.6. The topological polar surface area (TPSA) is 24.5 Å². The lowest BCUT2D eigenvalue weighted by Crippen LogP contribution is -2.45. The number of nitrogens with zero attached hydrogens (tertiary/aromatic N) is 1. The van der Waals surface area contributed by atoms with E-state index in [9.17, 15) is 0 Å². The lowest BCUT2D eigenvalue weighted by Gasteiger charge is -2.36. The van der Waals surface area contributed by atoms with Crippen molar-refractivity contribution >= 4 is 5.69 Å². The van der Waals surface area contributed by atoms with Crippen LogP contribution in [0.2, 0.25) is 0 Å². The highest BCUT2D eigenvalue weighted by Crippen LogP contribution is 2.20. The molecule has 0 saturated carbocycles. The molecule has 0 aliphatic carbocycles. The predicted molar refractivity (Wildman–Crippen MR) is 76.0 cm³/mol. The van der Waals surface area contributed by atoms with Crippen molar-refractivity contribution in [2.45, 2.75) is 39.5 Å². The molecule has 0 aromatic heterocycles. The molecule has 2 unspecified atom stereocenters. The Hall–Kier alpha value is -1.06. The molecule has 0 amide bonds. The summed E-state index contributed by atoms with van der Waals surface area (Å²) in [5.41, 5.74) is 2.65. The van der Waals surface area contributed by atoms with Crippen molar-refractivity contribution < 1.29 is 4.74 Å². The summed E-state index contributed by atoms with van der Waals surface area (Å²) in [6.45, 7) is 10.3. The van der Waals surface area contributed by atoms with Crippen LogP contribution in [0.1, 0.15) is 26.3 Å². The average Bonchev–Trinajstić information content (AvgIpc) is 2.36. The van der Waals surface area contributed by atoms with Crippen LogP contribution in [-0.2, 0) is 11.3 Å². The second-order valence-electron chi connectivity index (χ2n) is 5.11. The van der Waals surface area contributed by atoms with E-state index in [1.807, 2.05) is 0 Å². The lowest BCUT2D eigenvalue weighted by molar-refractivity contribution is -0.00521. The van der Waals surface area contributed by atoms with Crippen molar-refractivity contribution in [3.63, 3.8) is 0 Å². The summed E-state index contributed by atoms with van der Waals surface area (Å²) in [5, 5.41) is 3.34. The maximum atomic E-state index is 5.76. The van der Waals surface area contributed by atoms with Crippen LogP contribution in [0.5, 0.6) is 0 Å². The third-order valence-electron chi connectivity index (χ3n) is 3.30. The Kier molecular flexibility index (Phi) is 4.61. The molecule has 1 aliphatic rings. The van der Waals surface area contributed by atoms with Gasteiger partial charge in [0.1, 0.15) is 0 Å². The van der Waals surface area contributed by atoms with Gasteiger partial charge in [0.25, 0.3) is 0 Å². The zero-order valence-corrected chi connectivity index (χ0v) is 11.6. The fourth-order valence-electron chi connectivity index (χ4n) is 2.48. The van der Waals surface area contributed by atoms with Gasteiger partial charge in [-0.15, -0.1) is 0 Å². The van der Waals surface area contributed by atoms with E-state index in [0.717, 1.165) is 26.2 Å². The smallest absolute Gasteiger partial charge is 0.0726 e. The van der Waals surface area contributed by atoms with Crippen LogP contribution in [0.3, 0.4) is 0 Å². The molecular weight excluding hydrogens is 224 g/mol. The SMILES string of the molecule is CCNCc1ccc(N2CC(C)OC(C)C2)cc1. The van der Waals surface area contributed by atoms with Gasteiger partial charge in [-0.1, -0.05) is 19.1 Å². The molecule has 18 heavy (non-hydrogen) atoms. The van der Waals surface area contributed by atoms with E-state index in [1.165, 1.54) is 11.3 Å².